The molecule has 21 heavy (non-hydrogen) atoms. The number of hydrogen-bond acceptors (Lipinski definition) is 3. The van der Waals surface area contributed by atoms with Crippen LogP contribution in [0.2, 0.25) is 0 Å². The van der Waals surface area contributed by atoms with Gasteiger partial charge >= 0.3 is 0 Å². The molecule has 1 aliphatic carbocycles. The zero-order valence-electron chi connectivity index (χ0n) is 12.6. The highest BCUT2D eigenvalue weighted by Crippen LogP contribution is 2.34. The summed E-state index contributed by atoms with van der Waals surface area (Å²) >= 11 is 1.49. The van der Waals surface area contributed by atoms with Gasteiger partial charge in [0.2, 0.25) is 0 Å². The summed E-state index contributed by atoms with van der Waals surface area (Å²) in [7, 11) is 0. The van der Waals surface area contributed by atoms with Crippen LogP contribution in [0, 0.1) is 11.8 Å². The minimum Gasteiger partial charge on any atom is -0.397 e. The summed E-state index contributed by atoms with van der Waals surface area (Å²) < 4.78 is 1.07. The van der Waals surface area contributed by atoms with E-state index in [4.69, 9.17) is 5.73 Å². The van der Waals surface area contributed by atoms with Crippen LogP contribution >= 0.6 is 11.3 Å². The number of carbonyl (C=O) groups excluding carboxylic acids is 1. The van der Waals surface area contributed by atoms with Crippen LogP contribution in [0.15, 0.2) is 24.3 Å². The van der Waals surface area contributed by atoms with Gasteiger partial charge in [0.1, 0.15) is 4.88 Å². The second-order valence-corrected chi connectivity index (χ2v) is 7.24. The normalized spacial score (nSPS) is 25.9. The van der Waals surface area contributed by atoms with E-state index in [1.165, 1.54) is 24.2 Å². The molecule has 3 N–H and O–H groups in total. The molecule has 1 aliphatic rings. The van der Waals surface area contributed by atoms with Gasteiger partial charge in [-0.1, -0.05) is 44.9 Å². The molecule has 3 atom stereocenters. The Morgan fingerprint density at radius 1 is 1.29 bits per heavy atom. The van der Waals surface area contributed by atoms with Crippen LogP contribution in [-0.2, 0) is 0 Å². The largest absolute Gasteiger partial charge is 0.397 e. The van der Waals surface area contributed by atoms with Crippen molar-refractivity contribution >= 4 is 33.0 Å². The van der Waals surface area contributed by atoms with Crippen LogP contribution in [-0.4, -0.2) is 11.9 Å². The zero-order valence-corrected chi connectivity index (χ0v) is 13.4. The van der Waals surface area contributed by atoms with Crippen molar-refractivity contribution in [3.05, 3.63) is 29.1 Å². The second kappa shape index (κ2) is 5.68. The number of nitrogens with one attached hydrogen (secondary N) is 1. The summed E-state index contributed by atoms with van der Waals surface area (Å²) in [5, 5.41) is 4.19. The average molecular weight is 302 g/mol. The third-order valence-electron chi connectivity index (χ3n) is 4.86. The first-order valence-corrected chi connectivity index (χ1v) is 8.47. The molecule has 2 aromatic rings. The van der Waals surface area contributed by atoms with Crippen LogP contribution in [0.3, 0.4) is 0 Å². The van der Waals surface area contributed by atoms with Gasteiger partial charge in [0.15, 0.2) is 0 Å². The number of hydrogen-bond donors (Lipinski definition) is 2. The molecule has 1 aromatic carbocycles. The lowest BCUT2D eigenvalue weighted by Crippen LogP contribution is -2.43. The predicted molar refractivity (Wildman–Crippen MR) is 89.7 cm³/mol. The highest BCUT2D eigenvalue weighted by molar-refractivity contribution is 7.21. The molecule has 1 amide bonds. The van der Waals surface area contributed by atoms with Gasteiger partial charge in [0.25, 0.3) is 5.91 Å². The fourth-order valence-corrected chi connectivity index (χ4v) is 4.28. The van der Waals surface area contributed by atoms with Crippen LogP contribution in [0.4, 0.5) is 5.69 Å². The van der Waals surface area contributed by atoms with E-state index in [9.17, 15) is 4.79 Å². The fraction of sp³-hybridized carbons (Fsp3) is 0.471. The average Bonchev–Trinajstić information content (AvgIpc) is 2.82. The minimum absolute atomic E-state index is 0.0142. The first-order chi connectivity index (χ1) is 10.1. The SMILES string of the molecule is CC1CCCC(NC(=O)c2sc3ccccc3c2N)C1C. The molecule has 3 rings (SSSR count). The predicted octanol–water partition coefficient (Wildman–Crippen LogP) is 4.04. The van der Waals surface area contributed by atoms with Crippen molar-refractivity contribution in [2.24, 2.45) is 11.8 Å². The summed E-state index contributed by atoms with van der Waals surface area (Å²) in [6.45, 7) is 4.51. The summed E-state index contributed by atoms with van der Waals surface area (Å²) in [5.41, 5.74) is 6.77. The van der Waals surface area contributed by atoms with E-state index in [0.717, 1.165) is 16.5 Å². The number of fused-ring (bicyclic) bond motifs is 1. The third kappa shape index (κ3) is 2.64. The maximum Gasteiger partial charge on any atom is 0.263 e. The molecule has 3 unspecified atom stereocenters. The molecule has 1 heterocycles. The number of carbonyl (C=O) groups is 1. The number of amides is 1. The van der Waals surface area contributed by atoms with Crippen molar-refractivity contribution < 1.29 is 4.79 Å². The smallest absolute Gasteiger partial charge is 0.263 e. The zero-order chi connectivity index (χ0) is 15.0. The number of nitrogens with two attached hydrogens (primary N) is 1. The molecule has 0 aliphatic heterocycles. The van der Waals surface area contributed by atoms with Gasteiger partial charge in [-0.15, -0.1) is 11.3 Å². The maximum absolute atomic E-state index is 12.6. The van der Waals surface area contributed by atoms with E-state index in [2.05, 4.69) is 19.2 Å². The maximum atomic E-state index is 12.6. The van der Waals surface area contributed by atoms with E-state index < -0.39 is 0 Å². The van der Waals surface area contributed by atoms with Gasteiger partial charge in [0, 0.05) is 16.1 Å². The van der Waals surface area contributed by atoms with Crippen LogP contribution < -0.4 is 11.1 Å². The Morgan fingerprint density at radius 3 is 2.81 bits per heavy atom. The standard InChI is InChI=1S/C17H22N2OS/c1-10-6-5-8-13(11(10)2)19-17(20)16-15(18)12-7-3-4-9-14(12)21-16/h3-4,7,9-11,13H,5-6,8,18H2,1-2H3,(H,19,20). The molecule has 112 valence electrons. The fourth-order valence-electron chi connectivity index (χ4n) is 3.25. The number of anilines is 1. The van der Waals surface area contributed by atoms with E-state index in [-0.39, 0.29) is 11.9 Å². The Balaban J connectivity index is 1.82. The molecule has 0 spiro atoms. The highest BCUT2D eigenvalue weighted by Gasteiger charge is 2.29. The molecule has 3 nitrogen and oxygen atoms in total. The van der Waals surface area contributed by atoms with Crippen molar-refractivity contribution in [1.82, 2.24) is 5.32 Å². The molecule has 0 radical (unpaired) electrons. The first kappa shape index (κ1) is 14.4. The Kier molecular flexibility index (Phi) is 3.89. The number of thiophene rings is 1. The van der Waals surface area contributed by atoms with Crippen molar-refractivity contribution in [2.75, 3.05) is 5.73 Å². The number of rotatable bonds is 2. The summed E-state index contributed by atoms with van der Waals surface area (Å²) in [4.78, 5) is 13.2. The monoisotopic (exact) mass is 302 g/mol. The molecule has 4 heteroatoms. The van der Waals surface area contributed by atoms with Crippen LogP contribution in [0.25, 0.3) is 10.1 Å². The number of nitrogen functional groups attached to an aromatic ring is 1. The Labute approximate surface area is 129 Å². The Hall–Kier alpha value is -1.55. The van der Waals surface area contributed by atoms with E-state index in [0.29, 0.717) is 22.4 Å². The van der Waals surface area contributed by atoms with Gasteiger partial charge in [0.05, 0.1) is 5.69 Å². The molecular formula is C17H22N2OS. The lowest BCUT2D eigenvalue weighted by atomic mass is 9.78. The Morgan fingerprint density at radius 2 is 2.05 bits per heavy atom. The molecule has 1 saturated carbocycles. The second-order valence-electron chi connectivity index (χ2n) is 6.19. The molecule has 1 aromatic heterocycles. The number of benzene rings is 1. The van der Waals surface area contributed by atoms with Crippen molar-refractivity contribution in [3.63, 3.8) is 0 Å². The Bertz CT molecular complexity index is 664. The van der Waals surface area contributed by atoms with E-state index >= 15 is 0 Å². The lowest BCUT2D eigenvalue weighted by Gasteiger charge is -2.34. The van der Waals surface area contributed by atoms with E-state index in [1.807, 2.05) is 24.3 Å². The van der Waals surface area contributed by atoms with Gasteiger partial charge in [-0.3, -0.25) is 4.79 Å². The third-order valence-corrected chi connectivity index (χ3v) is 6.05. The van der Waals surface area contributed by atoms with Crippen LogP contribution in [0.5, 0.6) is 0 Å². The van der Waals surface area contributed by atoms with Gasteiger partial charge < -0.3 is 11.1 Å². The lowest BCUT2D eigenvalue weighted by molar-refractivity contribution is 0.0896. The molecule has 0 bridgehead atoms. The quantitative estimate of drug-likeness (QED) is 0.879. The molecular weight excluding hydrogens is 280 g/mol. The van der Waals surface area contributed by atoms with Gasteiger partial charge in [-0.25, -0.2) is 0 Å². The van der Waals surface area contributed by atoms with Gasteiger partial charge in [-0.05, 0) is 24.3 Å². The van der Waals surface area contributed by atoms with Crippen LogP contribution in [0.1, 0.15) is 42.8 Å². The summed E-state index contributed by atoms with van der Waals surface area (Å²) in [6.07, 6.45) is 3.53. The van der Waals surface area contributed by atoms with Gasteiger partial charge in [-0.2, -0.15) is 0 Å². The first-order valence-electron chi connectivity index (χ1n) is 7.65. The summed E-state index contributed by atoms with van der Waals surface area (Å²) in [5.74, 6) is 1.18. The highest BCUT2D eigenvalue weighted by atomic mass is 32.1. The van der Waals surface area contributed by atoms with E-state index in [1.54, 1.807) is 0 Å². The minimum atomic E-state index is -0.0142. The summed E-state index contributed by atoms with van der Waals surface area (Å²) in [6, 6.07) is 8.19. The molecule has 1 fully saturated rings. The molecule has 0 saturated heterocycles. The van der Waals surface area contributed by atoms with Crippen molar-refractivity contribution in [3.8, 4) is 0 Å². The topological polar surface area (TPSA) is 55.1 Å². The van der Waals surface area contributed by atoms with Crippen molar-refractivity contribution in [2.45, 2.75) is 39.2 Å². The van der Waals surface area contributed by atoms with Crippen molar-refractivity contribution in [1.29, 1.82) is 0 Å².